The van der Waals surface area contributed by atoms with Crippen LogP contribution in [-0.4, -0.2) is 40.3 Å². The molecule has 0 bridgehead atoms. The molecule has 1 N–H and O–H groups in total. The van der Waals surface area contributed by atoms with Gasteiger partial charge in [-0.15, -0.1) is 0 Å². The lowest BCUT2D eigenvalue weighted by Crippen LogP contribution is -2.57. The van der Waals surface area contributed by atoms with Crippen molar-refractivity contribution in [3.63, 3.8) is 0 Å². The average Bonchev–Trinajstić information content (AvgIpc) is 3.32. The van der Waals surface area contributed by atoms with Gasteiger partial charge < -0.3 is 19.6 Å². The van der Waals surface area contributed by atoms with Crippen molar-refractivity contribution in [2.24, 2.45) is 0 Å². The zero-order valence-corrected chi connectivity index (χ0v) is 21.2. The van der Waals surface area contributed by atoms with E-state index in [0.717, 1.165) is 29.1 Å². The quantitative estimate of drug-likeness (QED) is 0.492. The van der Waals surface area contributed by atoms with E-state index in [9.17, 15) is 9.59 Å². The molecule has 1 fully saturated rings. The van der Waals surface area contributed by atoms with Gasteiger partial charge in [-0.2, -0.15) is 0 Å². The number of aryl methyl sites for hydroxylation is 1. The Bertz CT molecular complexity index is 1130. The number of amides is 1. The first kappa shape index (κ1) is 24.9. The lowest BCUT2D eigenvalue weighted by atomic mass is 9.96. The molecule has 2 heterocycles. The third kappa shape index (κ3) is 5.57. The number of nitrogens with zero attached hydrogens (tertiary/aromatic N) is 2. The fourth-order valence-electron chi connectivity index (χ4n) is 5.08. The van der Waals surface area contributed by atoms with E-state index in [1.54, 1.807) is 4.90 Å². The highest BCUT2D eigenvalue weighted by molar-refractivity contribution is 5.97. The van der Waals surface area contributed by atoms with E-state index in [-0.39, 0.29) is 5.91 Å². The first-order valence-corrected chi connectivity index (χ1v) is 12.7. The van der Waals surface area contributed by atoms with Gasteiger partial charge in [-0.1, -0.05) is 79.4 Å². The fraction of sp³-hybridized carbons (Fsp3) is 0.400. The van der Waals surface area contributed by atoms with Crippen molar-refractivity contribution in [1.82, 2.24) is 14.8 Å². The van der Waals surface area contributed by atoms with Crippen molar-refractivity contribution in [2.45, 2.75) is 70.6 Å². The average molecular weight is 472 g/mol. The molecule has 0 saturated heterocycles. The van der Waals surface area contributed by atoms with Crippen molar-refractivity contribution in [1.29, 1.82) is 0 Å². The third-order valence-corrected chi connectivity index (χ3v) is 7.34. The largest absolute Gasteiger partial charge is 0.334 e. The molecular formula is C30H37N3O2. The number of rotatable bonds is 5. The van der Waals surface area contributed by atoms with Crippen molar-refractivity contribution in [3.05, 3.63) is 83.6 Å². The summed E-state index contributed by atoms with van der Waals surface area (Å²) < 4.78 is 1.97. The zero-order valence-electron chi connectivity index (χ0n) is 21.2. The SMILES string of the molecule is CNC1CCCCC1.Cc1ccc(CN2C(=O)c3ccc(-c4ccccc4)n3CC2(C)C=O)cc1. The molecule has 1 aliphatic carbocycles. The number of fused-ring (bicyclic) bond motifs is 1. The second-order valence-electron chi connectivity index (χ2n) is 10.0. The summed E-state index contributed by atoms with van der Waals surface area (Å²) in [6.45, 7) is 4.73. The highest BCUT2D eigenvalue weighted by Gasteiger charge is 2.42. The van der Waals surface area contributed by atoms with Crippen LogP contribution in [0.25, 0.3) is 11.3 Å². The van der Waals surface area contributed by atoms with E-state index in [2.05, 4.69) is 12.4 Å². The predicted octanol–water partition coefficient (Wildman–Crippen LogP) is 5.62. The van der Waals surface area contributed by atoms with Gasteiger partial charge in [-0.3, -0.25) is 4.79 Å². The van der Waals surface area contributed by atoms with Crippen LogP contribution in [0.4, 0.5) is 0 Å². The van der Waals surface area contributed by atoms with Crippen LogP contribution in [0.15, 0.2) is 66.7 Å². The molecule has 1 atom stereocenters. The fourth-order valence-corrected chi connectivity index (χ4v) is 5.08. The normalized spacial score (nSPS) is 20.1. The summed E-state index contributed by atoms with van der Waals surface area (Å²) in [5.41, 5.74) is 3.92. The minimum absolute atomic E-state index is 0.112. The molecule has 0 radical (unpaired) electrons. The summed E-state index contributed by atoms with van der Waals surface area (Å²) in [6.07, 6.45) is 8.03. The van der Waals surface area contributed by atoms with Gasteiger partial charge in [0, 0.05) is 18.3 Å². The van der Waals surface area contributed by atoms with Gasteiger partial charge in [0.2, 0.25) is 0 Å². The van der Waals surface area contributed by atoms with E-state index in [0.29, 0.717) is 18.8 Å². The molecule has 1 aromatic heterocycles. The lowest BCUT2D eigenvalue weighted by molar-refractivity contribution is -0.118. The Morgan fingerprint density at radius 3 is 2.20 bits per heavy atom. The summed E-state index contributed by atoms with van der Waals surface area (Å²) in [4.78, 5) is 27.0. The minimum atomic E-state index is -0.891. The summed E-state index contributed by atoms with van der Waals surface area (Å²) >= 11 is 0. The van der Waals surface area contributed by atoms with Crippen LogP contribution < -0.4 is 5.32 Å². The molecule has 3 aromatic rings. The third-order valence-electron chi connectivity index (χ3n) is 7.34. The van der Waals surface area contributed by atoms with Crippen LogP contribution in [0.1, 0.15) is 60.6 Å². The van der Waals surface area contributed by atoms with Gasteiger partial charge in [-0.25, -0.2) is 0 Å². The molecule has 0 spiro atoms. The van der Waals surface area contributed by atoms with Crippen LogP contribution in [0, 0.1) is 6.92 Å². The van der Waals surface area contributed by atoms with Crippen molar-refractivity contribution in [2.75, 3.05) is 7.05 Å². The van der Waals surface area contributed by atoms with Crippen LogP contribution >= 0.6 is 0 Å². The maximum atomic E-state index is 13.3. The summed E-state index contributed by atoms with van der Waals surface area (Å²) in [5.74, 6) is -0.112. The van der Waals surface area contributed by atoms with Gasteiger partial charge in [-0.05, 0) is 57.0 Å². The topological polar surface area (TPSA) is 54.3 Å². The number of carbonyl (C=O) groups excluding carboxylic acids is 2. The van der Waals surface area contributed by atoms with E-state index in [1.165, 1.54) is 37.7 Å². The molecule has 5 heteroatoms. The molecule has 1 aliphatic heterocycles. The molecule has 184 valence electrons. The van der Waals surface area contributed by atoms with E-state index in [1.807, 2.05) is 85.1 Å². The van der Waals surface area contributed by atoms with Gasteiger partial charge in [0.15, 0.2) is 0 Å². The second-order valence-corrected chi connectivity index (χ2v) is 10.0. The smallest absolute Gasteiger partial charge is 0.271 e. The number of nitrogens with one attached hydrogen (secondary N) is 1. The Hall–Kier alpha value is -3.18. The van der Waals surface area contributed by atoms with Crippen molar-refractivity contribution in [3.8, 4) is 11.3 Å². The minimum Gasteiger partial charge on any atom is -0.334 e. The Kier molecular flexibility index (Phi) is 7.86. The van der Waals surface area contributed by atoms with Gasteiger partial charge in [0.1, 0.15) is 17.5 Å². The molecule has 1 amide bonds. The van der Waals surface area contributed by atoms with Crippen LogP contribution in [0.2, 0.25) is 0 Å². The second kappa shape index (κ2) is 11.0. The number of aldehydes is 1. The molecule has 2 aliphatic rings. The molecule has 5 nitrogen and oxygen atoms in total. The molecule has 35 heavy (non-hydrogen) atoms. The monoisotopic (exact) mass is 471 g/mol. The molecule has 1 saturated carbocycles. The van der Waals surface area contributed by atoms with E-state index >= 15 is 0 Å². The first-order chi connectivity index (χ1) is 16.9. The van der Waals surface area contributed by atoms with Gasteiger partial charge in [0.25, 0.3) is 5.91 Å². The molecule has 2 aromatic carbocycles. The standard InChI is InChI=1S/C23H22N2O2.C7H15N/c1-17-8-10-18(11-9-17)14-25-22(27)21-13-12-20(19-6-4-3-5-7-19)24(21)15-23(25,2)16-26;1-8-7-5-3-2-4-6-7/h3-13,16H,14-15H2,1-2H3;7-8H,2-6H2,1H3. The maximum Gasteiger partial charge on any atom is 0.271 e. The van der Waals surface area contributed by atoms with E-state index in [4.69, 9.17) is 0 Å². The number of carbonyl (C=O) groups is 2. The Morgan fingerprint density at radius 1 is 0.943 bits per heavy atom. The van der Waals surface area contributed by atoms with Crippen LogP contribution in [0.5, 0.6) is 0 Å². The summed E-state index contributed by atoms with van der Waals surface area (Å²) in [7, 11) is 2.07. The van der Waals surface area contributed by atoms with Gasteiger partial charge >= 0.3 is 0 Å². The highest BCUT2D eigenvalue weighted by atomic mass is 16.2. The molecule has 1 unspecified atom stereocenters. The summed E-state index contributed by atoms with van der Waals surface area (Å²) in [6, 6.07) is 22.7. The number of aromatic nitrogens is 1. The number of hydrogen-bond donors (Lipinski definition) is 1. The van der Waals surface area contributed by atoms with Crippen molar-refractivity contribution < 1.29 is 9.59 Å². The molecular weight excluding hydrogens is 434 g/mol. The van der Waals surface area contributed by atoms with Gasteiger partial charge in [0.05, 0.1) is 6.54 Å². The predicted molar refractivity (Wildman–Crippen MR) is 141 cm³/mol. The number of benzene rings is 2. The maximum absolute atomic E-state index is 13.3. The molecule has 5 rings (SSSR count). The van der Waals surface area contributed by atoms with Crippen molar-refractivity contribution >= 4 is 12.2 Å². The zero-order chi connectivity index (χ0) is 24.8. The Balaban J connectivity index is 0.000000308. The van der Waals surface area contributed by atoms with Crippen LogP contribution in [-0.2, 0) is 17.9 Å². The first-order valence-electron chi connectivity index (χ1n) is 12.7. The Labute approximate surface area is 209 Å². The lowest BCUT2D eigenvalue weighted by Gasteiger charge is -2.42. The number of hydrogen-bond acceptors (Lipinski definition) is 3. The Morgan fingerprint density at radius 2 is 1.60 bits per heavy atom. The summed E-state index contributed by atoms with van der Waals surface area (Å²) in [5, 5.41) is 3.30. The van der Waals surface area contributed by atoms with E-state index < -0.39 is 5.54 Å². The van der Waals surface area contributed by atoms with Crippen LogP contribution in [0.3, 0.4) is 0 Å². The highest BCUT2D eigenvalue weighted by Crippen LogP contribution is 2.33.